The van der Waals surface area contributed by atoms with Crippen molar-refractivity contribution in [3.63, 3.8) is 0 Å². The number of rotatable bonds is 13. The molecule has 8 nitrogen and oxygen atoms in total. The van der Waals surface area contributed by atoms with E-state index in [2.05, 4.69) is 18.3 Å². The number of aliphatic hydroxyl groups excluding tert-OH is 2. The third kappa shape index (κ3) is 9.55. The smallest absolute Gasteiger partial charge is 0.251 e. The first-order valence-corrected chi connectivity index (χ1v) is 15.0. The molecule has 3 N–H and O–H groups in total. The van der Waals surface area contributed by atoms with Gasteiger partial charge in [0.25, 0.3) is 5.91 Å². The van der Waals surface area contributed by atoms with Crippen LogP contribution in [-0.2, 0) is 6.42 Å². The van der Waals surface area contributed by atoms with Crippen LogP contribution in [0.1, 0.15) is 68.1 Å². The lowest BCUT2D eigenvalue weighted by Crippen LogP contribution is -2.29. The molecular weight excluding hydrogens is 575 g/mol. The highest BCUT2D eigenvalue weighted by atomic mass is 35.5. The molecule has 1 heterocycles. The Hall–Kier alpha value is -3.40. The second kappa shape index (κ2) is 18.3. The van der Waals surface area contributed by atoms with Gasteiger partial charge in [-0.3, -0.25) is 4.79 Å². The maximum absolute atomic E-state index is 13.9. The molecular formula is C33H44ClFN2O6. The molecule has 1 unspecified atom stereocenters. The Kier molecular flexibility index (Phi) is 15.2. The Morgan fingerprint density at radius 1 is 1.09 bits per heavy atom. The molecule has 1 saturated carbocycles. The molecule has 1 amide bonds. The molecule has 1 aliphatic rings. The molecule has 2 aromatic carbocycles. The van der Waals surface area contributed by atoms with Crippen molar-refractivity contribution in [2.24, 2.45) is 5.92 Å². The van der Waals surface area contributed by atoms with Crippen LogP contribution in [-0.4, -0.2) is 61.7 Å². The van der Waals surface area contributed by atoms with E-state index in [0.717, 1.165) is 37.6 Å². The lowest BCUT2D eigenvalue weighted by atomic mass is 9.95. The van der Waals surface area contributed by atoms with E-state index in [0.29, 0.717) is 53.1 Å². The van der Waals surface area contributed by atoms with E-state index >= 15 is 0 Å². The number of aryl methyl sites for hydroxylation is 1. The van der Waals surface area contributed by atoms with Gasteiger partial charge in [-0.25, -0.2) is 9.37 Å². The zero-order valence-corrected chi connectivity index (χ0v) is 26.6. The van der Waals surface area contributed by atoms with Crippen molar-refractivity contribution in [2.45, 2.75) is 52.9 Å². The molecule has 236 valence electrons. The summed E-state index contributed by atoms with van der Waals surface area (Å²) in [6, 6.07) is 11.6. The Morgan fingerprint density at radius 2 is 1.81 bits per heavy atom. The molecule has 4 rings (SSSR count). The van der Waals surface area contributed by atoms with E-state index in [9.17, 15) is 9.18 Å². The van der Waals surface area contributed by atoms with E-state index in [1.807, 2.05) is 20.8 Å². The molecule has 1 atom stereocenters. The number of halogens is 2. The van der Waals surface area contributed by atoms with Crippen molar-refractivity contribution in [2.75, 3.05) is 40.6 Å². The van der Waals surface area contributed by atoms with E-state index in [4.69, 9.17) is 41.0 Å². The predicted molar refractivity (Wildman–Crippen MR) is 168 cm³/mol. The van der Waals surface area contributed by atoms with Gasteiger partial charge >= 0.3 is 0 Å². The van der Waals surface area contributed by atoms with E-state index < -0.39 is 5.82 Å². The summed E-state index contributed by atoms with van der Waals surface area (Å²) in [5.74, 6) is 1.21. The number of pyridine rings is 1. The largest absolute Gasteiger partial charge is 0.493 e. The predicted octanol–water partition coefficient (Wildman–Crippen LogP) is 6.44. The van der Waals surface area contributed by atoms with Gasteiger partial charge in [-0.05, 0) is 80.1 Å². The quantitative estimate of drug-likeness (QED) is 0.202. The van der Waals surface area contributed by atoms with Crippen LogP contribution in [0.25, 0.3) is 11.3 Å². The number of amides is 1. The van der Waals surface area contributed by atoms with E-state index in [1.54, 1.807) is 30.3 Å². The van der Waals surface area contributed by atoms with Gasteiger partial charge in [-0.15, -0.1) is 0 Å². The second-order valence-corrected chi connectivity index (χ2v) is 9.80. The summed E-state index contributed by atoms with van der Waals surface area (Å²) in [5, 5.41) is 19.1. The molecule has 3 aromatic rings. The molecule has 0 aliphatic heterocycles. The number of ether oxygens (including phenoxy) is 3. The summed E-state index contributed by atoms with van der Waals surface area (Å²) in [7, 11) is 2.50. The number of hydrogen-bond acceptors (Lipinski definition) is 7. The molecule has 0 radical (unpaired) electrons. The van der Waals surface area contributed by atoms with Crippen molar-refractivity contribution >= 4 is 17.5 Å². The number of nitrogens with zero attached hydrogens (tertiary/aromatic N) is 1. The number of carbonyl (C=O) groups excluding carboxylic acids is 1. The number of aliphatic hydroxyl groups is 2. The summed E-state index contributed by atoms with van der Waals surface area (Å²) in [5.41, 5.74) is 3.59. The summed E-state index contributed by atoms with van der Waals surface area (Å²) in [6.07, 6.45) is 2.83. The monoisotopic (exact) mass is 618 g/mol. The van der Waals surface area contributed by atoms with Gasteiger partial charge in [0.05, 0.1) is 25.3 Å². The van der Waals surface area contributed by atoms with Gasteiger partial charge in [-0.1, -0.05) is 32.4 Å². The Morgan fingerprint density at radius 3 is 2.40 bits per heavy atom. The van der Waals surface area contributed by atoms with Crippen LogP contribution in [0, 0.1) is 11.7 Å². The number of nitrogens with one attached hydrogen (secondary N) is 1. The van der Waals surface area contributed by atoms with E-state index in [1.165, 1.54) is 13.2 Å². The fraction of sp³-hybridized carbons (Fsp3) is 0.455. The van der Waals surface area contributed by atoms with Gasteiger partial charge in [0, 0.05) is 36.4 Å². The van der Waals surface area contributed by atoms with Crippen LogP contribution >= 0.6 is 11.6 Å². The van der Waals surface area contributed by atoms with Gasteiger partial charge in [0.15, 0.2) is 11.5 Å². The van der Waals surface area contributed by atoms with Crippen molar-refractivity contribution in [1.82, 2.24) is 10.3 Å². The maximum atomic E-state index is 13.9. The number of benzene rings is 2. The number of carbonyl (C=O) groups is 1. The van der Waals surface area contributed by atoms with Crippen molar-refractivity contribution in [3.05, 3.63) is 70.1 Å². The maximum Gasteiger partial charge on any atom is 0.251 e. The van der Waals surface area contributed by atoms with Crippen LogP contribution in [0.3, 0.4) is 0 Å². The molecule has 43 heavy (non-hydrogen) atoms. The first kappa shape index (κ1) is 35.8. The highest BCUT2D eigenvalue weighted by molar-refractivity contribution is 6.31. The lowest BCUT2D eigenvalue weighted by molar-refractivity contribution is 0.0949. The van der Waals surface area contributed by atoms with Gasteiger partial charge < -0.3 is 29.7 Å². The number of aromatic nitrogens is 1. The highest BCUT2D eigenvalue weighted by Gasteiger charge is 2.34. The van der Waals surface area contributed by atoms with Gasteiger partial charge in [-0.2, -0.15) is 0 Å². The average molecular weight is 619 g/mol. The fourth-order valence-corrected chi connectivity index (χ4v) is 4.79. The van der Waals surface area contributed by atoms with E-state index in [-0.39, 0.29) is 30.1 Å². The zero-order chi connectivity index (χ0) is 31.9. The Labute approximate surface area is 259 Å². The first-order chi connectivity index (χ1) is 20.9. The second-order valence-electron chi connectivity index (χ2n) is 9.39. The SMILES string of the molecule is CC.CCOc1c(CC)cc(C(CNC(=O)c2ccc(OCCO)c(OC)c2)C2CC2)nc1-c1ccc(F)c(Cl)c1.CO. The topological polar surface area (TPSA) is 110 Å². The third-order valence-electron chi connectivity index (χ3n) is 6.76. The van der Waals surface area contributed by atoms with Crippen molar-refractivity contribution in [3.8, 4) is 28.5 Å². The van der Waals surface area contributed by atoms with Crippen LogP contribution < -0.4 is 19.5 Å². The first-order valence-electron chi connectivity index (χ1n) is 14.7. The Bertz CT molecular complexity index is 1320. The minimum atomic E-state index is -0.492. The van der Waals surface area contributed by atoms with Crippen molar-refractivity contribution < 1.29 is 33.6 Å². The summed E-state index contributed by atoms with van der Waals surface area (Å²) < 4.78 is 30.7. The minimum Gasteiger partial charge on any atom is -0.493 e. The van der Waals surface area contributed by atoms with Gasteiger partial charge in [0.2, 0.25) is 0 Å². The normalized spacial score (nSPS) is 12.6. The summed E-state index contributed by atoms with van der Waals surface area (Å²) >= 11 is 6.11. The molecule has 1 fully saturated rings. The number of hydrogen-bond donors (Lipinski definition) is 3. The lowest BCUT2D eigenvalue weighted by Gasteiger charge is -2.22. The molecule has 0 saturated heterocycles. The average Bonchev–Trinajstić information content (AvgIpc) is 3.89. The molecule has 0 spiro atoms. The summed E-state index contributed by atoms with van der Waals surface area (Å²) in [4.78, 5) is 18.1. The van der Waals surface area contributed by atoms with Crippen LogP contribution in [0.15, 0.2) is 42.5 Å². The highest BCUT2D eigenvalue weighted by Crippen LogP contribution is 2.44. The number of methoxy groups -OCH3 is 1. The molecule has 1 aromatic heterocycles. The third-order valence-corrected chi connectivity index (χ3v) is 7.05. The summed E-state index contributed by atoms with van der Waals surface area (Å²) in [6.45, 7) is 8.85. The minimum absolute atomic E-state index is 0.00125. The molecule has 0 bridgehead atoms. The zero-order valence-electron chi connectivity index (χ0n) is 25.9. The van der Waals surface area contributed by atoms with Crippen molar-refractivity contribution in [1.29, 1.82) is 0 Å². The Balaban J connectivity index is 0.00000155. The van der Waals surface area contributed by atoms with Gasteiger partial charge in [0.1, 0.15) is 23.9 Å². The van der Waals surface area contributed by atoms with Crippen LogP contribution in [0.2, 0.25) is 5.02 Å². The fourth-order valence-electron chi connectivity index (χ4n) is 4.61. The molecule has 1 aliphatic carbocycles. The standard InChI is InChI=1S/C30H34ClFN2O5.C2H6.CH4O/c1-4-18-15-25(34-28(29(18)38-5-2)20-8-10-24(32)23(31)14-20)22(19-6-7-19)17-33-30(36)21-9-11-26(39-13-12-35)27(16-21)37-3;2*1-2/h8-11,14-16,19,22,35H,4-7,12-13,17H2,1-3H3,(H,33,36);1-2H3;2H,1H3. The molecule has 10 heteroatoms. The van der Waals surface area contributed by atoms with Crippen LogP contribution in [0.5, 0.6) is 17.2 Å². The van der Waals surface area contributed by atoms with Crippen LogP contribution in [0.4, 0.5) is 4.39 Å².